The predicted octanol–water partition coefficient (Wildman–Crippen LogP) is 2.82. The molecule has 0 radical (unpaired) electrons. The summed E-state index contributed by atoms with van der Waals surface area (Å²) in [5, 5.41) is 0. The number of rotatable bonds is 3. The van der Waals surface area contributed by atoms with Crippen molar-refractivity contribution >= 4 is 29.4 Å². The standard InChI is InChI=1S/C14H12FN5.ClH/c1-2-6-20-13(9-4-3-5-10(15)7-9)19-11-12(16)17-8-18-14(11)20;/h2-5,7-8H,1,6H2,(H2,16,17,18);1H. The van der Waals surface area contributed by atoms with Crippen molar-refractivity contribution in [1.82, 2.24) is 19.5 Å². The van der Waals surface area contributed by atoms with Crippen LogP contribution in [0, 0.1) is 5.82 Å². The highest BCUT2D eigenvalue weighted by Gasteiger charge is 2.15. The van der Waals surface area contributed by atoms with Crippen LogP contribution in [-0.2, 0) is 6.54 Å². The second kappa shape index (κ2) is 5.88. The average molecular weight is 306 g/mol. The van der Waals surface area contributed by atoms with E-state index in [1.165, 1.54) is 18.5 Å². The summed E-state index contributed by atoms with van der Waals surface area (Å²) in [5.41, 5.74) is 7.59. The molecule has 0 atom stereocenters. The van der Waals surface area contributed by atoms with Gasteiger partial charge in [0.25, 0.3) is 0 Å². The van der Waals surface area contributed by atoms with Crippen molar-refractivity contribution in [2.75, 3.05) is 5.73 Å². The van der Waals surface area contributed by atoms with Crippen molar-refractivity contribution in [3.8, 4) is 11.4 Å². The molecule has 3 aromatic rings. The van der Waals surface area contributed by atoms with E-state index in [0.717, 1.165) is 0 Å². The molecule has 3 rings (SSSR count). The van der Waals surface area contributed by atoms with Crippen LogP contribution >= 0.6 is 12.4 Å². The number of hydrogen-bond acceptors (Lipinski definition) is 4. The summed E-state index contributed by atoms with van der Waals surface area (Å²) in [6.45, 7) is 4.22. The highest BCUT2D eigenvalue weighted by atomic mass is 35.5. The summed E-state index contributed by atoms with van der Waals surface area (Å²) in [4.78, 5) is 12.6. The van der Waals surface area contributed by atoms with Crippen LogP contribution in [0.4, 0.5) is 10.2 Å². The largest absolute Gasteiger partial charge is 0.382 e. The van der Waals surface area contributed by atoms with Gasteiger partial charge in [-0.3, -0.25) is 0 Å². The van der Waals surface area contributed by atoms with E-state index >= 15 is 0 Å². The fourth-order valence-corrected chi connectivity index (χ4v) is 2.10. The van der Waals surface area contributed by atoms with Crippen LogP contribution < -0.4 is 5.73 Å². The van der Waals surface area contributed by atoms with Gasteiger partial charge in [-0.05, 0) is 12.1 Å². The number of nitrogens with two attached hydrogens (primary N) is 1. The number of anilines is 1. The predicted molar refractivity (Wildman–Crippen MR) is 82.6 cm³/mol. The number of benzene rings is 1. The molecule has 2 heterocycles. The first-order valence-electron chi connectivity index (χ1n) is 6.04. The number of aromatic nitrogens is 4. The molecule has 0 aliphatic rings. The van der Waals surface area contributed by atoms with E-state index < -0.39 is 0 Å². The summed E-state index contributed by atoms with van der Waals surface area (Å²) in [5.74, 6) is 0.570. The van der Waals surface area contributed by atoms with Crippen LogP contribution in [0.5, 0.6) is 0 Å². The molecule has 0 fully saturated rings. The Morgan fingerprint density at radius 1 is 1.33 bits per heavy atom. The molecule has 2 N–H and O–H groups in total. The molecule has 5 nitrogen and oxygen atoms in total. The smallest absolute Gasteiger partial charge is 0.166 e. The number of fused-ring (bicyclic) bond motifs is 1. The monoisotopic (exact) mass is 305 g/mol. The lowest BCUT2D eigenvalue weighted by Crippen LogP contribution is -2.00. The number of nitrogen functional groups attached to an aromatic ring is 1. The molecule has 0 aliphatic heterocycles. The fraction of sp³-hybridized carbons (Fsp3) is 0.0714. The topological polar surface area (TPSA) is 69.6 Å². The maximum absolute atomic E-state index is 13.4. The first-order valence-corrected chi connectivity index (χ1v) is 6.04. The van der Waals surface area contributed by atoms with Crippen molar-refractivity contribution in [2.45, 2.75) is 6.54 Å². The Morgan fingerprint density at radius 3 is 2.86 bits per heavy atom. The van der Waals surface area contributed by atoms with Gasteiger partial charge in [0, 0.05) is 12.1 Å². The minimum absolute atomic E-state index is 0. The maximum Gasteiger partial charge on any atom is 0.166 e. The Kier molecular flexibility index (Phi) is 4.18. The lowest BCUT2D eigenvalue weighted by atomic mass is 10.2. The van der Waals surface area contributed by atoms with Crippen LogP contribution in [0.25, 0.3) is 22.6 Å². The minimum atomic E-state index is -0.321. The molecule has 2 aromatic heterocycles. The molecule has 108 valence electrons. The van der Waals surface area contributed by atoms with Crippen molar-refractivity contribution in [2.24, 2.45) is 0 Å². The van der Waals surface area contributed by atoms with Crippen molar-refractivity contribution in [3.63, 3.8) is 0 Å². The highest BCUT2D eigenvalue weighted by Crippen LogP contribution is 2.26. The van der Waals surface area contributed by atoms with E-state index in [-0.39, 0.29) is 18.2 Å². The zero-order valence-electron chi connectivity index (χ0n) is 11.0. The number of halogens is 2. The second-order valence-corrected chi connectivity index (χ2v) is 4.28. The third-order valence-electron chi connectivity index (χ3n) is 2.95. The van der Waals surface area contributed by atoms with E-state index in [1.54, 1.807) is 18.2 Å². The van der Waals surface area contributed by atoms with Crippen molar-refractivity contribution in [3.05, 3.63) is 49.1 Å². The molecule has 0 unspecified atom stereocenters. The molecule has 0 aliphatic carbocycles. The Morgan fingerprint density at radius 2 is 2.14 bits per heavy atom. The van der Waals surface area contributed by atoms with Gasteiger partial charge >= 0.3 is 0 Å². The van der Waals surface area contributed by atoms with Gasteiger partial charge in [-0.2, -0.15) is 0 Å². The second-order valence-electron chi connectivity index (χ2n) is 4.28. The fourth-order valence-electron chi connectivity index (χ4n) is 2.10. The minimum Gasteiger partial charge on any atom is -0.382 e. The highest BCUT2D eigenvalue weighted by molar-refractivity contribution is 5.85. The van der Waals surface area contributed by atoms with Gasteiger partial charge in [-0.15, -0.1) is 19.0 Å². The van der Waals surface area contributed by atoms with Crippen LogP contribution in [0.3, 0.4) is 0 Å². The van der Waals surface area contributed by atoms with Crippen LogP contribution in [-0.4, -0.2) is 19.5 Å². The summed E-state index contributed by atoms with van der Waals surface area (Å²) < 4.78 is 15.2. The number of nitrogens with zero attached hydrogens (tertiary/aromatic N) is 4. The van der Waals surface area contributed by atoms with Crippen LogP contribution in [0.15, 0.2) is 43.2 Å². The first-order chi connectivity index (χ1) is 9.70. The molecule has 21 heavy (non-hydrogen) atoms. The Bertz CT molecular complexity index is 799. The zero-order chi connectivity index (χ0) is 14.1. The van der Waals surface area contributed by atoms with Gasteiger partial charge in [0.2, 0.25) is 0 Å². The number of allylic oxidation sites excluding steroid dienone is 1. The van der Waals surface area contributed by atoms with E-state index in [4.69, 9.17) is 5.73 Å². The maximum atomic E-state index is 13.4. The van der Waals surface area contributed by atoms with Gasteiger partial charge in [0.1, 0.15) is 18.0 Å². The zero-order valence-corrected chi connectivity index (χ0v) is 11.8. The quantitative estimate of drug-likeness (QED) is 0.755. The van der Waals surface area contributed by atoms with Crippen molar-refractivity contribution in [1.29, 1.82) is 0 Å². The first kappa shape index (κ1) is 14.9. The molecule has 0 amide bonds. The lowest BCUT2D eigenvalue weighted by molar-refractivity contribution is 0.628. The van der Waals surface area contributed by atoms with Gasteiger partial charge < -0.3 is 10.3 Å². The lowest BCUT2D eigenvalue weighted by Gasteiger charge is -2.05. The van der Waals surface area contributed by atoms with Crippen LogP contribution in [0.2, 0.25) is 0 Å². The molecule has 0 bridgehead atoms. The SMILES string of the molecule is C=CCn1c(-c2cccc(F)c2)nc2c(N)ncnc21.Cl. The van der Waals surface area contributed by atoms with E-state index in [1.807, 2.05) is 4.57 Å². The van der Waals surface area contributed by atoms with E-state index in [9.17, 15) is 4.39 Å². The summed E-state index contributed by atoms with van der Waals surface area (Å²) in [7, 11) is 0. The Hall–Kier alpha value is -2.47. The Labute approximate surface area is 126 Å². The van der Waals surface area contributed by atoms with Gasteiger partial charge in [-0.1, -0.05) is 18.2 Å². The summed E-state index contributed by atoms with van der Waals surface area (Å²) in [6, 6.07) is 6.23. The summed E-state index contributed by atoms with van der Waals surface area (Å²) >= 11 is 0. The third kappa shape index (κ3) is 2.57. The van der Waals surface area contributed by atoms with Crippen molar-refractivity contribution < 1.29 is 4.39 Å². The molecule has 0 spiro atoms. The van der Waals surface area contributed by atoms with Gasteiger partial charge in [0.05, 0.1) is 0 Å². The Balaban J connectivity index is 0.00000161. The number of imidazole rings is 1. The molecular formula is C14H13ClFN5. The van der Waals surface area contributed by atoms with E-state index in [0.29, 0.717) is 34.9 Å². The van der Waals surface area contributed by atoms with Crippen LogP contribution in [0.1, 0.15) is 0 Å². The molecule has 7 heteroatoms. The number of hydrogen-bond donors (Lipinski definition) is 1. The van der Waals surface area contributed by atoms with Gasteiger partial charge in [0.15, 0.2) is 17.0 Å². The molecule has 1 aromatic carbocycles. The normalized spacial score (nSPS) is 10.3. The van der Waals surface area contributed by atoms with Gasteiger partial charge in [-0.25, -0.2) is 19.3 Å². The third-order valence-corrected chi connectivity index (χ3v) is 2.95. The molecule has 0 saturated heterocycles. The molecule has 0 saturated carbocycles. The summed E-state index contributed by atoms with van der Waals surface area (Å²) in [6.07, 6.45) is 3.11. The average Bonchev–Trinajstić information content (AvgIpc) is 2.80. The van der Waals surface area contributed by atoms with E-state index in [2.05, 4.69) is 21.5 Å². The molecular weight excluding hydrogens is 293 g/mol.